The van der Waals surface area contributed by atoms with Gasteiger partial charge in [0.2, 0.25) is 5.76 Å². The molecule has 9 heteroatoms. The number of methoxy groups -OCH3 is 1. The summed E-state index contributed by atoms with van der Waals surface area (Å²) in [6.07, 6.45) is 0.864. The number of sulfone groups is 1. The fourth-order valence-electron chi connectivity index (χ4n) is 1.73. The van der Waals surface area contributed by atoms with Gasteiger partial charge in [0.1, 0.15) is 10.6 Å². The molecule has 0 saturated heterocycles. The highest BCUT2D eigenvalue weighted by Crippen LogP contribution is 2.35. The standard InChI is InChI=1S/C12H10FNO6S/c1-19-11-6(7-5-8(12(15)16)20-14-7)3-4-9(10(11)13)21(2,17)18/h3-5H,1-2H3,(H,15,16). The van der Waals surface area contributed by atoms with Crippen LogP contribution < -0.4 is 4.74 Å². The van der Waals surface area contributed by atoms with Gasteiger partial charge in [-0.15, -0.1) is 0 Å². The van der Waals surface area contributed by atoms with Crippen LogP contribution in [0, 0.1) is 5.82 Å². The fourth-order valence-corrected chi connectivity index (χ4v) is 2.46. The van der Waals surface area contributed by atoms with Crippen molar-refractivity contribution in [2.75, 3.05) is 13.4 Å². The number of hydrogen-bond acceptors (Lipinski definition) is 6. The molecule has 1 aromatic heterocycles. The summed E-state index contributed by atoms with van der Waals surface area (Å²) in [5.74, 6) is -3.19. The second-order valence-corrected chi connectivity index (χ2v) is 6.10. The van der Waals surface area contributed by atoms with Crippen molar-refractivity contribution in [2.24, 2.45) is 0 Å². The number of benzene rings is 1. The number of aromatic carboxylic acids is 1. The number of rotatable bonds is 4. The van der Waals surface area contributed by atoms with E-state index in [0.717, 1.165) is 25.5 Å². The molecule has 0 aliphatic rings. The number of carboxylic acid groups (broad SMARTS) is 1. The predicted molar refractivity (Wildman–Crippen MR) is 68.5 cm³/mol. The lowest BCUT2D eigenvalue weighted by Gasteiger charge is -2.10. The molecule has 1 heterocycles. The summed E-state index contributed by atoms with van der Waals surface area (Å²) in [7, 11) is -2.61. The van der Waals surface area contributed by atoms with Gasteiger partial charge in [-0.2, -0.15) is 0 Å². The number of ether oxygens (including phenoxy) is 1. The van der Waals surface area contributed by atoms with Crippen LogP contribution in [0.5, 0.6) is 5.75 Å². The van der Waals surface area contributed by atoms with E-state index >= 15 is 0 Å². The Labute approximate surface area is 118 Å². The predicted octanol–water partition coefficient (Wildman–Crippen LogP) is 1.59. The number of carbonyl (C=O) groups is 1. The topological polar surface area (TPSA) is 107 Å². The third-order valence-electron chi connectivity index (χ3n) is 2.66. The molecular weight excluding hydrogens is 305 g/mol. The maximum absolute atomic E-state index is 14.2. The molecule has 0 atom stereocenters. The van der Waals surface area contributed by atoms with Crippen molar-refractivity contribution in [3.63, 3.8) is 0 Å². The number of carboxylic acids is 1. The Morgan fingerprint density at radius 1 is 1.43 bits per heavy atom. The number of hydrogen-bond donors (Lipinski definition) is 1. The molecule has 0 amide bonds. The Bertz CT molecular complexity index is 811. The van der Waals surface area contributed by atoms with Crippen LogP contribution in [0.2, 0.25) is 0 Å². The molecule has 0 aliphatic carbocycles. The summed E-state index contributed by atoms with van der Waals surface area (Å²) in [5, 5.41) is 12.3. The lowest BCUT2D eigenvalue weighted by Crippen LogP contribution is -2.03. The highest BCUT2D eigenvalue weighted by atomic mass is 32.2. The van der Waals surface area contributed by atoms with Gasteiger partial charge in [0.15, 0.2) is 21.4 Å². The van der Waals surface area contributed by atoms with Gasteiger partial charge in [-0.1, -0.05) is 5.16 Å². The minimum absolute atomic E-state index is 0.0169. The Morgan fingerprint density at radius 2 is 2.10 bits per heavy atom. The third kappa shape index (κ3) is 2.72. The monoisotopic (exact) mass is 315 g/mol. The van der Waals surface area contributed by atoms with Gasteiger partial charge in [-0.3, -0.25) is 0 Å². The van der Waals surface area contributed by atoms with E-state index in [1.807, 2.05) is 0 Å². The van der Waals surface area contributed by atoms with Crippen molar-refractivity contribution in [3.05, 3.63) is 29.8 Å². The molecule has 21 heavy (non-hydrogen) atoms. The van der Waals surface area contributed by atoms with E-state index in [1.165, 1.54) is 6.07 Å². The van der Waals surface area contributed by atoms with Gasteiger partial charge >= 0.3 is 5.97 Å². The molecule has 1 aromatic carbocycles. The number of halogens is 1. The molecular formula is C12H10FNO6S. The molecule has 0 spiro atoms. The van der Waals surface area contributed by atoms with Crippen molar-refractivity contribution in [3.8, 4) is 17.0 Å². The van der Waals surface area contributed by atoms with Crippen LogP contribution >= 0.6 is 0 Å². The first-order valence-electron chi connectivity index (χ1n) is 5.52. The quantitative estimate of drug-likeness (QED) is 0.913. The molecule has 7 nitrogen and oxygen atoms in total. The van der Waals surface area contributed by atoms with Gasteiger partial charge in [0.05, 0.1) is 7.11 Å². The smallest absolute Gasteiger partial charge is 0.374 e. The van der Waals surface area contributed by atoms with Gasteiger partial charge in [-0.25, -0.2) is 17.6 Å². The SMILES string of the molecule is COc1c(-c2cc(C(=O)O)on2)ccc(S(C)(=O)=O)c1F. The lowest BCUT2D eigenvalue weighted by molar-refractivity contribution is 0.0652. The van der Waals surface area contributed by atoms with Crippen LogP contribution in [0.1, 0.15) is 10.6 Å². The molecule has 1 N–H and O–H groups in total. The average Bonchev–Trinajstić information content (AvgIpc) is 2.86. The van der Waals surface area contributed by atoms with Crippen LogP contribution in [0.4, 0.5) is 4.39 Å². The summed E-state index contributed by atoms with van der Waals surface area (Å²) in [6, 6.07) is 3.40. The van der Waals surface area contributed by atoms with Crippen LogP contribution in [0.3, 0.4) is 0 Å². The van der Waals surface area contributed by atoms with E-state index in [1.54, 1.807) is 0 Å². The number of aromatic nitrogens is 1. The molecule has 2 rings (SSSR count). The van der Waals surface area contributed by atoms with E-state index in [4.69, 9.17) is 9.84 Å². The normalized spacial score (nSPS) is 11.4. The summed E-state index contributed by atoms with van der Waals surface area (Å²) in [4.78, 5) is 10.2. The zero-order valence-corrected chi connectivity index (χ0v) is 11.8. The second-order valence-electron chi connectivity index (χ2n) is 4.11. The fraction of sp³-hybridized carbons (Fsp3) is 0.167. The Morgan fingerprint density at radius 3 is 2.57 bits per heavy atom. The van der Waals surface area contributed by atoms with Crippen molar-refractivity contribution in [1.29, 1.82) is 0 Å². The third-order valence-corrected chi connectivity index (χ3v) is 3.78. The van der Waals surface area contributed by atoms with Gasteiger partial charge < -0.3 is 14.4 Å². The Hall–Kier alpha value is -2.42. The highest BCUT2D eigenvalue weighted by Gasteiger charge is 2.23. The van der Waals surface area contributed by atoms with Crippen LogP contribution in [-0.2, 0) is 9.84 Å². The van der Waals surface area contributed by atoms with Crippen molar-refractivity contribution in [1.82, 2.24) is 5.16 Å². The van der Waals surface area contributed by atoms with Gasteiger partial charge in [-0.05, 0) is 12.1 Å². The number of nitrogens with zero attached hydrogens (tertiary/aromatic N) is 1. The van der Waals surface area contributed by atoms with Crippen LogP contribution in [-0.4, -0.2) is 38.0 Å². The summed E-state index contributed by atoms with van der Waals surface area (Å²) < 4.78 is 46.6. The first kappa shape index (κ1) is 15.0. The minimum atomic E-state index is -3.77. The highest BCUT2D eigenvalue weighted by molar-refractivity contribution is 7.90. The first-order valence-corrected chi connectivity index (χ1v) is 7.41. The second kappa shape index (κ2) is 5.17. The lowest BCUT2D eigenvalue weighted by atomic mass is 10.1. The van der Waals surface area contributed by atoms with E-state index in [9.17, 15) is 17.6 Å². The molecule has 2 aromatic rings. The molecule has 0 fully saturated rings. The zero-order chi connectivity index (χ0) is 15.8. The zero-order valence-electron chi connectivity index (χ0n) is 11.0. The molecule has 0 radical (unpaired) electrons. The Balaban J connectivity index is 2.65. The minimum Gasteiger partial charge on any atom is -0.493 e. The molecule has 0 unspecified atom stereocenters. The summed E-state index contributed by atoms with van der Waals surface area (Å²) >= 11 is 0. The molecule has 112 valence electrons. The largest absolute Gasteiger partial charge is 0.493 e. The maximum Gasteiger partial charge on any atom is 0.374 e. The van der Waals surface area contributed by atoms with E-state index in [0.29, 0.717) is 0 Å². The summed E-state index contributed by atoms with van der Waals surface area (Å²) in [6.45, 7) is 0. The molecule has 0 aliphatic heterocycles. The van der Waals surface area contributed by atoms with Crippen molar-refractivity contribution in [2.45, 2.75) is 4.90 Å². The van der Waals surface area contributed by atoms with E-state index < -0.39 is 32.3 Å². The van der Waals surface area contributed by atoms with Crippen molar-refractivity contribution >= 4 is 15.8 Å². The van der Waals surface area contributed by atoms with E-state index in [2.05, 4.69) is 9.68 Å². The molecule has 0 saturated carbocycles. The maximum atomic E-state index is 14.2. The molecule has 0 bridgehead atoms. The Kier molecular flexibility index (Phi) is 3.69. The van der Waals surface area contributed by atoms with Gasteiger partial charge in [0.25, 0.3) is 0 Å². The van der Waals surface area contributed by atoms with Gasteiger partial charge in [0, 0.05) is 17.9 Å². The van der Waals surface area contributed by atoms with E-state index in [-0.39, 0.29) is 17.0 Å². The van der Waals surface area contributed by atoms with Crippen LogP contribution in [0.15, 0.2) is 27.6 Å². The first-order chi connectivity index (χ1) is 9.75. The van der Waals surface area contributed by atoms with Crippen LogP contribution in [0.25, 0.3) is 11.3 Å². The summed E-state index contributed by atoms with van der Waals surface area (Å²) in [5.41, 5.74) is 0.0989. The average molecular weight is 315 g/mol. The van der Waals surface area contributed by atoms with Crippen molar-refractivity contribution < 1.29 is 32.0 Å².